The Morgan fingerprint density at radius 1 is 1.14 bits per heavy atom. The number of carbonyl (C=O) groups is 1. The van der Waals surface area contributed by atoms with Crippen molar-refractivity contribution in [2.75, 3.05) is 12.3 Å². The molecule has 7 heteroatoms. The number of hydrogen-bond acceptors (Lipinski definition) is 5. The summed E-state index contributed by atoms with van der Waals surface area (Å²) in [5.41, 5.74) is 4.09. The summed E-state index contributed by atoms with van der Waals surface area (Å²) in [5.74, 6) is 0.866. The van der Waals surface area contributed by atoms with Crippen molar-refractivity contribution in [3.63, 3.8) is 0 Å². The van der Waals surface area contributed by atoms with Crippen LogP contribution in [0.25, 0.3) is 11.4 Å². The van der Waals surface area contributed by atoms with E-state index < -0.39 is 6.10 Å². The highest BCUT2D eigenvalue weighted by molar-refractivity contribution is 7.99. The van der Waals surface area contributed by atoms with Crippen molar-refractivity contribution in [2.45, 2.75) is 38.6 Å². The Morgan fingerprint density at radius 3 is 2.59 bits per heavy atom. The van der Waals surface area contributed by atoms with Crippen LogP contribution in [0.5, 0.6) is 0 Å². The zero-order valence-corrected chi connectivity index (χ0v) is 17.7. The SMILES string of the molecule is CCn1c(SCC(=O)NCC(O)c2ccc(C)cc2)nnc1-c1cccc(C)c1. The second-order valence-electron chi connectivity index (χ2n) is 6.94. The molecule has 0 saturated carbocycles. The van der Waals surface area contributed by atoms with Crippen LogP contribution in [0.3, 0.4) is 0 Å². The first kappa shape index (κ1) is 21.1. The lowest BCUT2D eigenvalue weighted by atomic mass is 10.1. The third-order valence-electron chi connectivity index (χ3n) is 4.60. The van der Waals surface area contributed by atoms with Crippen LogP contribution >= 0.6 is 11.8 Å². The first-order chi connectivity index (χ1) is 14.0. The van der Waals surface area contributed by atoms with Crippen molar-refractivity contribution < 1.29 is 9.90 Å². The van der Waals surface area contributed by atoms with Crippen LogP contribution in [0.4, 0.5) is 0 Å². The van der Waals surface area contributed by atoms with Gasteiger partial charge in [0.1, 0.15) is 0 Å². The van der Waals surface area contributed by atoms with E-state index in [4.69, 9.17) is 0 Å². The molecule has 6 nitrogen and oxygen atoms in total. The lowest BCUT2D eigenvalue weighted by Crippen LogP contribution is -2.29. The van der Waals surface area contributed by atoms with E-state index in [2.05, 4.69) is 21.6 Å². The Labute approximate surface area is 175 Å². The minimum Gasteiger partial charge on any atom is -0.387 e. The molecule has 0 aliphatic carbocycles. The zero-order chi connectivity index (χ0) is 20.8. The fourth-order valence-electron chi connectivity index (χ4n) is 2.98. The van der Waals surface area contributed by atoms with Gasteiger partial charge in [0.15, 0.2) is 11.0 Å². The summed E-state index contributed by atoms with van der Waals surface area (Å²) in [6.07, 6.45) is -0.725. The molecule has 2 aromatic carbocycles. The second-order valence-corrected chi connectivity index (χ2v) is 7.88. The summed E-state index contributed by atoms with van der Waals surface area (Å²) in [6.45, 7) is 6.96. The van der Waals surface area contributed by atoms with Crippen LogP contribution in [0, 0.1) is 13.8 Å². The molecule has 1 aromatic heterocycles. The van der Waals surface area contributed by atoms with Gasteiger partial charge < -0.3 is 15.0 Å². The average Bonchev–Trinajstić information content (AvgIpc) is 3.14. The van der Waals surface area contributed by atoms with Crippen LogP contribution in [0.2, 0.25) is 0 Å². The van der Waals surface area contributed by atoms with Gasteiger partial charge in [0.05, 0.1) is 11.9 Å². The van der Waals surface area contributed by atoms with Crippen LogP contribution in [-0.4, -0.2) is 38.1 Å². The predicted octanol–water partition coefficient (Wildman–Crippen LogP) is 3.52. The lowest BCUT2D eigenvalue weighted by Gasteiger charge is -2.12. The molecular formula is C22H26N4O2S. The molecule has 1 amide bonds. The summed E-state index contributed by atoms with van der Waals surface area (Å²) in [4.78, 5) is 12.2. The number of thioether (sulfide) groups is 1. The Morgan fingerprint density at radius 2 is 1.90 bits per heavy atom. The number of aryl methyl sites for hydroxylation is 2. The van der Waals surface area contributed by atoms with Gasteiger partial charge in [-0.3, -0.25) is 4.79 Å². The molecule has 0 saturated heterocycles. The zero-order valence-electron chi connectivity index (χ0n) is 16.9. The molecule has 3 aromatic rings. The van der Waals surface area contributed by atoms with Crippen LogP contribution < -0.4 is 5.32 Å². The average molecular weight is 411 g/mol. The number of benzene rings is 2. The molecule has 0 aliphatic heterocycles. The molecule has 0 bridgehead atoms. The van der Waals surface area contributed by atoms with E-state index in [0.29, 0.717) is 11.7 Å². The molecule has 0 radical (unpaired) electrons. The second kappa shape index (κ2) is 9.71. The molecule has 29 heavy (non-hydrogen) atoms. The van der Waals surface area contributed by atoms with E-state index in [9.17, 15) is 9.90 Å². The molecular weight excluding hydrogens is 384 g/mol. The lowest BCUT2D eigenvalue weighted by molar-refractivity contribution is -0.119. The smallest absolute Gasteiger partial charge is 0.230 e. The van der Waals surface area contributed by atoms with E-state index in [-0.39, 0.29) is 18.2 Å². The largest absolute Gasteiger partial charge is 0.387 e. The van der Waals surface area contributed by atoms with Crippen LogP contribution in [0.15, 0.2) is 53.7 Å². The third kappa shape index (κ3) is 5.46. The number of amides is 1. The molecule has 1 heterocycles. The van der Waals surface area contributed by atoms with E-state index in [1.807, 2.05) is 67.8 Å². The molecule has 1 unspecified atom stereocenters. The van der Waals surface area contributed by atoms with Gasteiger partial charge in [0.25, 0.3) is 0 Å². The van der Waals surface area contributed by atoms with Gasteiger partial charge in [0.2, 0.25) is 5.91 Å². The number of rotatable bonds is 8. The van der Waals surface area contributed by atoms with Gasteiger partial charge in [-0.1, -0.05) is 65.4 Å². The Bertz CT molecular complexity index is 969. The number of aliphatic hydroxyl groups is 1. The van der Waals surface area contributed by atoms with Gasteiger partial charge in [0, 0.05) is 18.7 Å². The first-order valence-corrected chi connectivity index (χ1v) is 10.6. The van der Waals surface area contributed by atoms with E-state index in [1.165, 1.54) is 11.8 Å². The van der Waals surface area contributed by atoms with Crippen molar-refractivity contribution in [2.24, 2.45) is 0 Å². The van der Waals surface area contributed by atoms with Crippen molar-refractivity contribution >= 4 is 17.7 Å². The van der Waals surface area contributed by atoms with Gasteiger partial charge in [-0.15, -0.1) is 10.2 Å². The maximum atomic E-state index is 12.2. The van der Waals surface area contributed by atoms with Crippen molar-refractivity contribution in [3.8, 4) is 11.4 Å². The fourth-order valence-corrected chi connectivity index (χ4v) is 3.81. The predicted molar refractivity (Wildman–Crippen MR) is 116 cm³/mol. The van der Waals surface area contributed by atoms with Gasteiger partial charge >= 0.3 is 0 Å². The molecule has 3 rings (SSSR count). The standard InChI is InChI=1S/C22H26N4O2S/c1-4-26-21(18-7-5-6-16(3)12-18)24-25-22(26)29-14-20(28)23-13-19(27)17-10-8-15(2)9-11-17/h5-12,19,27H,4,13-14H2,1-3H3,(H,23,28). The van der Waals surface area contributed by atoms with Gasteiger partial charge in [-0.05, 0) is 32.4 Å². The van der Waals surface area contributed by atoms with Gasteiger partial charge in [-0.25, -0.2) is 0 Å². The maximum Gasteiger partial charge on any atom is 0.230 e. The summed E-state index contributed by atoms with van der Waals surface area (Å²) < 4.78 is 2.01. The van der Waals surface area contributed by atoms with E-state index >= 15 is 0 Å². The minimum absolute atomic E-state index is 0.149. The van der Waals surface area contributed by atoms with Crippen LogP contribution in [-0.2, 0) is 11.3 Å². The van der Waals surface area contributed by atoms with Crippen molar-refractivity contribution in [1.82, 2.24) is 20.1 Å². The first-order valence-electron chi connectivity index (χ1n) is 9.62. The fraction of sp³-hybridized carbons (Fsp3) is 0.318. The molecule has 1 atom stereocenters. The molecule has 0 fully saturated rings. The third-order valence-corrected chi connectivity index (χ3v) is 5.56. The van der Waals surface area contributed by atoms with E-state index in [0.717, 1.165) is 28.1 Å². The number of aromatic nitrogens is 3. The Balaban J connectivity index is 1.57. The normalized spacial score (nSPS) is 12.0. The summed E-state index contributed by atoms with van der Waals surface area (Å²) in [7, 11) is 0. The topological polar surface area (TPSA) is 80.0 Å². The molecule has 2 N–H and O–H groups in total. The van der Waals surface area contributed by atoms with Gasteiger partial charge in [-0.2, -0.15) is 0 Å². The number of aliphatic hydroxyl groups excluding tert-OH is 1. The number of nitrogens with zero attached hydrogens (tertiary/aromatic N) is 3. The highest BCUT2D eigenvalue weighted by atomic mass is 32.2. The summed E-state index contributed by atoms with van der Waals surface area (Å²) in [5, 5.41) is 22.3. The highest BCUT2D eigenvalue weighted by Crippen LogP contribution is 2.24. The van der Waals surface area contributed by atoms with Crippen molar-refractivity contribution in [1.29, 1.82) is 0 Å². The maximum absolute atomic E-state index is 12.2. The molecule has 0 spiro atoms. The molecule has 152 valence electrons. The summed E-state index contributed by atoms with van der Waals surface area (Å²) in [6, 6.07) is 15.8. The van der Waals surface area contributed by atoms with Crippen molar-refractivity contribution in [3.05, 3.63) is 65.2 Å². The Hall–Kier alpha value is -2.64. The monoisotopic (exact) mass is 410 g/mol. The minimum atomic E-state index is -0.725. The summed E-state index contributed by atoms with van der Waals surface area (Å²) >= 11 is 1.34. The molecule has 0 aliphatic rings. The number of hydrogen-bond donors (Lipinski definition) is 2. The number of carbonyl (C=O) groups excluding carboxylic acids is 1. The highest BCUT2D eigenvalue weighted by Gasteiger charge is 2.15. The quantitative estimate of drug-likeness (QED) is 0.556. The Kier molecular flexibility index (Phi) is 7.06. The van der Waals surface area contributed by atoms with Crippen LogP contribution in [0.1, 0.15) is 29.7 Å². The number of nitrogens with one attached hydrogen (secondary N) is 1. The van der Waals surface area contributed by atoms with E-state index in [1.54, 1.807) is 0 Å².